The molecule has 6 nitrogen and oxygen atoms in total. The largest absolute Gasteiger partial charge is 0.478 e. The lowest BCUT2D eigenvalue weighted by molar-refractivity contribution is -0.137. The lowest BCUT2D eigenvalue weighted by atomic mass is 10.2. The number of halogens is 4. The number of hydrogen-bond donors (Lipinski definition) is 1. The van der Waals surface area contributed by atoms with E-state index in [-0.39, 0.29) is 41.3 Å². The van der Waals surface area contributed by atoms with Crippen LogP contribution in [0.2, 0.25) is 5.02 Å². The smallest absolute Gasteiger partial charge is 0.416 e. The van der Waals surface area contributed by atoms with Gasteiger partial charge in [0.15, 0.2) is 0 Å². The zero-order valence-corrected chi connectivity index (χ0v) is 15.4. The van der Waals surface area contributed by atoms with Crippen LogP contribution in [0, 0.1) is 0 Å². The lowest BCUT2D eigenvalue weighted by Crippen LogP contribution is -2.26. The molecule has 0 bridgehead atoms. The zero-order valence-electron chi connectivity index (χ0n) is 14.7. The van der Waals surface area contributed by atoms with Gasteiger partial charge < -0.3 is 15.0 Å². The number of nitrogens with zero attached hydrogens (tertiary/aromatic N) is 3. The van der Waals surface area contributed by atoms with Gasteiger partial charge in [-0.2, -0.15) is 18.2 Å². The Morgan fingerprint density at radius 2 is 2.07 bits per heavy atom. The molecule has 0 aromatic carbocycles. The van der Waals surface area contributed by atoms with Crippen molar-refractivity contribution >= 4 is 23.3 Å². The highest BCUT2D eigenvalue weighted by atomic mass is 35.5. The Bertz CT molecular complexity index is 800. The monoisotopic (exact) mass is 402 g/mol. The summed E-state index contributed by atoms with van der Waals surface area (Å²) < 4.78 is 44.2. The van der Waals surface area contributed by atoms with E-state index in [1.54, 1.807) is 14.1 Å². The number of rotatable bonds is 7. The number of ether oxygens (including phenoxy) is 1. The summed E-state index contributed by atoms with van der Waals surface area (Å²) in [5.41, 5.74) is -0.592. The summed E-state index contributed by atoms with van der Waals surface area (Å²) >= 11 is 5.90. The number of amides is 1. The molecule has 10 heteroatoms. The van der Waals surface area contributed by atoms with Crippen LogP contribution in [0.1, 0.15) is 22.3 Å². The van der Waals surface area contributed by atoms with E-state index in [9.17, 15) is 18.0 Å². The lowest BCUT2D eigenvalue weighted by Gasteiger charge is -2.16. The molecule has 2 rings (SSSR count). The van der Waals surface area contributed by atoms with Crippen molar-refractivity contribution in [3.63, 3.8) is 0 Å². The van der Waals surface area contributed by atoms with Gasteiger partial charge in [-0.05, 0) is 18.6 Å². The van der Waals surface area contributed by atoms with Crippen molar-refractivity contribution in [1.82, 2.24) is 15.3 Å². The second-order valence-corrected chi connectivity index (χ2v) is 6.17. The standard InChI is InChI=1S/C17H18ClF3N4O2/c1-25(2)14-8-11(17(19,20)21)9-15(24-14)27-7-3-5-23-16(26)12-10-22-6-4-13(12)18/h4,6,8-10H,3,5,7H2,1-2H3,(H,23,26). The van der Waals surface area contributed by atoms with Gasteiger partial charge in [0, 0.05) is 39.1 Å². The molecule has 0 unspecified atom stereocenters. The second-order valence-electron chi connectivity index (χ2n) is 5.76. The van der Waals surface area contributed by atoms with Crippen LogP contribution >= 0.6 is 11.6 Å². The summed E-state index contributed by atoms with van der Waals surface area (Å²) in [5, 5.41) is 2.92. The first kappa shape index (κ1) is 20.8. The average Bonchev–Trinajstić information content (AvgIpc) is 2.60. The number of alkyl halides is 3. The molecular weight excluding hydrogens is 385 g/mol. The molecule has 2 heterocycles. The van der Waals surface area contributed by atoms with E-state index in [2.05, 4.69) is 15.3 Å². The van der Waals surface area contributed by atoms with Crippen LogP contribution in [-0.4, -0.2) is 43.1 Å². The number of anilines is 1. The van der Waals surface area contributed by atoms with Crippen LogP contribution in [0.15, 0.2) is 30.6 Å². The first-order valence-corrected chi connectivity index (χ1v) is 8.33. The fourth-order valence-electron chi connectivity index (χ4n) is 2.05. The minimum atomic E-state index is -4.50. The van der Waals surface area contributed by atoms with Gasteiger partial charge in [-0.1, -0.05) is 11.6 Å². The summed E-state index contributed by atoms with van der Waals surface area (Å²) in [5.74, 6) is -0.380. The molecule has 0 spiro atoms. The third-order valence-electron chi connectivity index (χ3n) is 3.44. The van der Waals surface area contributed by atoms with Crippen molar-refractivity contribution < 1.29 is 22.7 Å². The van der Waals surface area contributed by atoms with Gasteiger partial charge in [0.2, 0.25) is 5.88 Å². The summed E-state index contributed by atoms with van der Waals surface area (Å²) in [4.78, 5) is 21.3. The van der Waals surface area contributed by atoms with Crippen molar-refractivity contribution in [2.45, 2.75) is 12.6 Å². The van der Waals surface area contributed by atoms with E-state index >= 15 is 0 Å². The van der Waals surface area contributed by atoms with Crippen molar-refractivity contribution in [2.75, 3.05) is 32.1 Å². The number of carbonyl (C=O) groups excluding carboxylic acids is 1. The quantitative estimate of drug-likeness (QED) is 0.719. The molecule has 0 atom stereocenters. The van der Waals surface area contributed by atoms with Gasteiger partial charge in [0.05, 0.1) is 22.8 Å². The van der Waals surface area contributed by atoms with Crippen LogP contribution < -0.4 is 15.0 Å². The fraction of sp³-hybridized carbons (Fsp3) is 0.353. The highest BCUT2D eigenvalue weighted by Gasteiger charge is 2.32. The molecule has 0 aliphatic rings. The summed E-state index contributed by atoms with van der Waals surface area (Å²) in [6.07, 6.45) is -1.30. The second kappa shape index (κ2) is 8.90. The van der Waals surface area contributed by atoms with E-state index in [0.717, 1.165) is 12.1 Å². The third-order valence-corrected chi connectivity index (χ3v) is 3.77. The van der Waals surface area contributed by atoms with E-state index in [1.165, 1.54) is 23.4 Å². The maximum Gasteiger partial charge on any atom is 0.416 e. The highest BCUT2D eigenvalue weighted by Crippen LogP contribution is 2.33. The molecule has 146 valence electrons. The maximum atomic E-state index is 13.0. The molecule has 0 aliphatic heterocycles. The Balaban J connectivity index is 1.89. The molecule has 0 radical (unpaired) electrons. The Morgan fingerprint density at radius 1 is 1.33 bits per heavy atom. The topological polar surface area (TPSA) is 67.3 Å². The maximum absolute atomic E-state index is 13.0. The van der Waals surface area contributed by atoms with Gasteiger partial charge in [0.25, 0.3) is 5.91 Å². The van der Waals surface area contributed by atoms with E-state index in [4.69, 9.17) is 16.3 Å². The van der Waals surface area contributed by atoms with E-state index in [1.807, 2.05) is 0 Å². The molecule has 0 aliphatic carbocycles. The fourth-order valence-corrected chi connectivity index (χ4v) is 2.24. The summed E-state index contributed by atoms with van der Waals surface area (Å²) in [6, 6.07) is 3.30. The van der Waals surface area contributed by atoms with Gasteiger partial charge in [0.1, 0.15) is 5.82 Å². The van der Waals surface area contributed by atoms with Crippen LogP contribution in [-0.2, 0) is 6.18 Å². The predicted molar refractivity (Wildman–Crippen MR) is 95.3 cm³/mol. The first-order chi connectivity index (χ1) is 12.7. The van der Waals surface area contributed by atoms with Crippen molar-refractivity contribution in [3.8, 4) is 5.88 Å². The molecular formula is C17H18ClF3N4O2. The minimum absolute atomic E-state index is 0.0855. The Kier molecular flexibility index (Phi) is 6.84. The third kappa shape index (κ3) is 5.99. The Hall–Kier alpha value is -2.55. The average molecular weight is 403 g/mol. The number of hydrogen-bond acceptors (Lipinski definition) is 5. The molecule has 1 amide bonds. The normalized spacial score (nSPS) is 11.2. The molecule has 0 fully saturated rings. The predicted octanol–water partition coefficient (Wildman–Crippen LogP) is 3.41. The highest BCUT2D eigenvalue weighted by molar-refractivity contribution is 6.33. The van der Waals surface area contributed by atoms with E-state index < -0.39 is 11.7 Å². The van der Waals surface area contributed by atoms with Gasteiger partial charge >= 0.3 is 6.18 Å². The Labute approximate surface area is 159 Å². The van der Waals surface area contributed by atoms with Crippen LogP contribution in [0.4, 0.5) is 19.0 Å². The van der Waals surface area contributed by atoms with E-state index in [0.29, 0.717) is 6.42 Å². The molecule has 2 aromatic heterocycles. The molecule has 27 heavy (non-hydrogen) atoms. The number of aromatic nitrogens is 2. The minimum Gasteiger partial charge on any atom is -0.478 e. The van der Waals surface area contributed by atoms with Crippen LogP contribution in [0.3, 0.4) is 0 Å². The van der Waals surface area contributed by atoms with Gasteiger partial charge in [-0.3, -0.25) is 9.78 Å². The number of pyridine rings is 2. The SMILES string of the molecule is CN(C)c1cc(C(F)(F)F)cc(OCCCNC(=O)c2cnccc2Cl)n1. The first-order valence-electron chi connectivity index (χ1n) is 7.95. The van der Waals surface area contributed by atoms with Gasteiger partial charge in [-0.25, -0.2) is 0 Å². The molecule has 1 N–H and O–H groups in total. The zero-order chi connectivity index (χ0) is 20.0. The van der Waals surface area contributed by atoms with Crippen molar-refractivity contribution in [1.29, 1.82) is 0 Å². The number of nitrogens with one attached hydrogen (secondary N) is 1. The Morgan fingerprint density at radius 3 is 2.70 bits per heavy atom. The summed E-state index contributed by atoms with van der Waals surface area (Å²) in [7, 11) is 3.18. The van der Waals surface area contributed by atoms with Crippen molar-refractivity contribution in [2.24, 2.45) is 0 Å². The molecule has 0 saturated heterocycles. The summed E-state index contributed by atoms with van der Waals surface area (Å²) in [6.45, 7) is 0.339. The molecule has 2 aromatic rings. The van der Waals surface area contributed by atoms with Gasteiger partial charge in [-0.15, -0.1) is 0 Å². The van der Waals surface area contributed by atoms with Crippen LogP contribution in [0.25, 0.3) is 0 Å². The number of carbonyl (C=O) groups is 1. The van der Waals surface area contributed by atoms with Crippen LogP contribution in [0.5, 0.6) is 5.88 Å². The van der Waals surface area contributed by atoms with Crippen molar-refractivity contribution in [3.05, 3.63) is 46.7 Å². The molecule has 0 saturated carbocycles.